The van der Waals surface area contributed by atoms with Gasteiger partial charge < -0.3 is 10.4 Å². The highest BCUT2D eigenvalue weighted by molar-refractivity contribution is 6.32. The van der Waals surface area contributed by atoms with Crippen molar-refractivity contribution in [2.75, 3.05) is 11.2 Å². The molecule has 0 saturated carbocycles. The van der Waals surface area contributed by atoms with Gasteiger partial charge in [-0.3, -0.25) is 9.78 Å². The maximum absolute atomic E-state index is 11.1. The van der Waals surface area contributed by atoms with Crippen LogP contribution in [0.5, 0.6) is 5.88 Å². The van der Waals surface area contributed by atoms with Crippen LogP contribution in [0.2, 0.25) is 5.02 Å². The van der Waals surface area contributed by atoms with Gasteiger partial charge in [-0.25, -0.2) is 4.98 Å². The largest absolute Gasteiger partial charge is 0.492 e. The van der Waals surface area contributed by atoms with E-state index in [-0.39, 0.29) is 28.5 Å². The molecule has 0 unspecified atom stereocenters. The molecule has 0 aromatic carbocycles. The molecule has 0 fully saturated rings. The third-order valence-corrected chi connectivity index (χ3v) is 3.08. The lowest BCUT2D eigenvalue weighted by Gasteiger charge is -2.06. The van der Waals surface area contributed by atoms with Crippen molar-refractivity contribution in [3.63, 3.8) is 0 Å². The number of aromatic nitrogens is 3. The summed E-state index contributed by atoms with van der Waals surface area (Å²) in [5.41, 5.74) is 1.41. The second kappa shape index (κ2) is 6.02. The Balaban J connectivity index is 2.28. The Hall–Kier alpha value is -1.92. The molecule has 0 bridgehead atoms. The molecule has 20 heavy (non-hydrogen) atoms. The van der Waals surface area contributed by atoms with Crippen molar-refractivity contribution < 1.29 is 9.90 Å². The van der Waals surface area contributed by atoms with Crippen LogP contribution in [-0.4, -0.2) is 31.8 Å². The Bertz CT molecular complexity index is 623. The lowest BCUT2D eigenvalue weighted by molar-refractivity contribution is -0.113. The molecule has 2 aromatic rings. The van der Waals surface area contributed by atoms with Crippen molar-refractivity contribution in [1.29, 1.82) is 0 Å². The number of pyridine rings is 1. The van der Waals surface area contributed by atoms with Crippen LogP contribution in [0, 0.1) is 6.92 Å². The van der Waals surface area contributed by atoms with E-state index in [4.69, 9.17) is 23.2 Å². The minimum Gasteiger partial charge on any atom is -0.492 e. The van der Waals surface area contributed by atoms with E-state index in [9.17, 15) is 9.90 Å². The van der Waals surface area contributed by atoms with E-state index in [1.165, 1.54) is 6.20 Å². The van der Waals surface area contributed by atoms with Gasteiger partial charge in [-0.1, -0.05) is 11.6 Å². The second-order valence-corrected chi connectivity index (χ2v) is 4.53. The first kappa shape index (κ1) is 14.5. The standard InChI is InChI=1S/C12H10Cl2N4O2/c1-6-10(14)12(20)18-11(16-6)8-3-2-7(5-15-8)17-9(19)4-13/h2-3,5H,4H2,1H3,(H,17,19)(H,16,18,20). The molecule has 0 spiro atoms. The van der Waals surface area contributed by atoms with E-state index in [1.54, 1.807) is 19.1 Å². The number of hydrogen-bond donors (Lipinski definition) is 2. The average molecular weight is 313 g/mol. The summed E-state index contributed by atoms with van der Waals surface area (Å²) >= 11 is 11.2. The molecular weight excluding hydrogens is 303 g/mol. The van der Waals surface area contributed by atoms with Crippen molar-refractivity contribution in [2.45, 2.75) is 6.92 Å². The zero-order chi connectivity index (χ0) is 14.7. The molecule has 0 aliphatic rings. The summed E-state index contributed by atoms with van der Waals surface area (Å²) in [6, 6.07) is 3.25. The van der Waals surface area contributed by atoms with E-state index >= 15 is 0 Å². The van der Waals surface area contributed by atoms with Gasteiger partial charge in [0.15, 0.2) is 5.82 Å². The third kappa shape index (κ3) is 3.15. The van der Waals surface area contributed by atoms with Gasteiger partial charge in [0.05, 0.1) is 17.6 Å². The van der Waals surface area contributed by atoms with Crippen LogP contribution < -0.4 is 5.32 Å². The number of anilines is 1. The number of carbonyl (C=O) groups is 1. The van der Waals surface area contributed by atoms with Crippen LogP contribution in [0.25, 0.3) is 11.5 Å². The fraction of sp³-hybridized carbons (Fsp3) is 0.167. The van der Waals surface area contributed by atoms with Gasteiger partial charge in [-0.05, 0) is 19.1 Å². The number of hydrogen-bond acceptors (Lipinski definition) is 5. The van der Waals surface area contributed by atoms with Crippen molar-refractivity contribution in [1.82, 2.24) is 15.0 Å². The number of aromatic hydroxyl groups is 1. The number of alkyl halides is 1. The normalized spacial score (nSPS) is 10.3. The number of amides is 1. The summed E-state index contributed by atoms with van der Waals surface area (Å²) in [6.07, 6.45) is 1.45. The lowest BCUT2D eigenvalue weighted by atomic mass is 10.3. The third-order valence-electron chi connectivity index (χ3n) is 2.40. The van der Waals surface area contributed by atoms with E-state index in [0.717, 1.165) is 0 Å². The van der Waals surface area contributed by atoms with E-state index in [2.05, 4.69) is 20.3 Å². The first-order chi connectivity index (χ1) is 9.51. The van der Waals surface area contributed by atoms with E-state index < -0.39 is 0 Å². The number of halogens is 2. The molecule has 104 valence electrons. The van der Waals surface area contributed by atoms with Crippen molar-refractivity contribution in [3.05, 3.63) is 29.0 Å². The van der Waals surface area contributed by atoms with Gasteiger partial charge in [0, 0.05) is 0 Å². The minimum absolute atomic E-state index is 0.111. The lowest BCUT2D eigenvalue weighted by Crippen LogP contribution is -2.12. The van der Waals surface area contributed by atoms with Crippen molar-refractivity contribution >= 4 is 34.8 Å². The van der Waals surface area contributed by atoms with Crippen LogP contribution in [0.1, 0.15) is 5.69 Å². The smallest absolute Gasteiger partial charge is 0.239 e. The zero-order valence-electron chi connectivity index (χ0n) is 10.4. The topological polar surface area (TPSA) is 88.0 Å². The highest BCUT2D eigenvalue weighted by atomic mass is 35.5. The van der Waals surface area contributed by atoms with E-state index in [1.807, 2.05) is 0 Å². The molecule has 8 heteroatoms. The fourth-order valence-electron chi connectivity index (χ4n) is 1.45. The molecule has 2 N–H and O–H groups in total. The minimum atomic E-state index is -0.322. The fourth-order valence-corrected chi connectivity index (χ4v) is 1.60. The molecule has 0 saturated heterocycles. The molecule has 1 amide bonds. The van der Waals surface area contributed by atoms with Crippen LogP contribution >= 0.6 is 23.2 Å². The molecule has 6 nitrogen and oxygen atoms in total. The molecule has 0 aliphatic carbocycles. The Morgan fingerprint density at radius 2 is 2.15 bits per heavy atom. The first-order valence-corrected chi connectivity index (χ1v) is 6.48. The van der Waals surface area contributed by atoms with E-state index in [0.29, 0.717) is 17.1 Å². The van der Waals surface area contributed by atoms with Crippen LogP contribution in [-0.2, 0) is 4.79 Å². The van der Waals surface area contributed by atoms with Gasteiger partial charge in [0.25, 0.3) is 0 Å². The molecule has 0 aliphatic heterocycles. The molecule has 0 atom stereocenters. The van der Waals surface area contributed by atoms with Gasteiger partial charge in [0.2, 0.25) is 11.8 Å². The predicted molar refractivity (Wildman–Crippen MR) is 76.0 cm³/mol. The summed E-state index contributed by atoms with van der Waals surface area (Å²) in [5, 5.41) is 12.2. The monoisotopic (exact) mass is 312 g/mol. The van der Waals surface area contributed by atoms with Crippen molar-refractivity contribution in [2.24, 2.45) is 0 Å². The maximum atomic E-state index is 11.1. The Morgan fingerprint density at radius 1 is 1.40 bits per heavy atom. The highest BCUT2D eigenvalue weighted by Gasteiger charge is 2.11. The molecule has 0 radical (unpaired) electrons. The quantitative estimate of drug-likeness (QED) is 0.849. The molecule has 2 rings (SSSR count). The summed E-state index contributed by atoms with van der Waals surface area (Å²) in [4.78, 5) is 23.2. The van der Waals surface area contributed by atoms with Crippen LogP contribution in [0.15, 0.2) is 18.3 Å². The van der Waals surface area contributed by atoms with Gasteiger partial charge >= 0.3 is 0 Å². The molecule has 2 aromatic heterocycles. The maximum Gasteiger partial charge on any atom is 0.239 e. The number of aryl methyl sites for hydroxylation is 1. The number of nitrogens with zero attached hydrogens (tertiary/aromatic N) is 3. The zero-order valence-corrected chi connectivity index (χ0v) is 11.9. The van der Waals surface area contributed by atoms with Gasteiger partial charge in [-0.2, -0.15) is 4.98 Å². The summed E-state index contributed by atoms with van der Waals surface area (Å²) in [6.45, 7) is 1.66. The Labute approximate surface area is 124 Å². The summed E-state index contributed by atoms with van der Waals surface area (Å²) in [7, 11) is 0. The molecular formula is C12H10Cl2N4O2. The second-order valence-electron chi connectivity index (χ2n) is 3.88. The SMILES string of the molecule is Cc1nc(-c2ccc(NC(=O)CCl)cn2)nc(O)c1Cl. The number of carbonyl (C=O) groups excluding carboxylic acids is 1. The molecule has 2 heterocycles. The number of nitrogens with one attached hydrogen (secondary N) is 1. The highest BCUT2D eigenvalue weighted by Crippen LogP contribution is 2.26. The number of rotatable bonds is 3. The Morgan fingerprint density at radius 3 is 2.70 bits per heavy atom. The summed E-state index contributed by atoms with van der Waals surface area (Å²) < 4.78 is 0. The van der Waals surface area contributed by atoms with Gasteiger partial charge in [-0.15, -0.1) is 11.6 Å². The predicted octanol–water partition coefficient (Wildman–Crippen LogP) is 2.38. The first-order valence-electron chi connectivity index (χ1n) is 5.56. The van der Waals surface area contributed by atoms with Crippen LogP contribution in [0.4, 0.5) is 5.69 Å². The van der Waals surface area contributed by atoms with Crippen LogP contribution in [0.3, 0.4) is 0 Å². The van der Waals surface area contributed by atoms with Crippen molar-refractivity contribution in [3.8, 4) is 17.4 Å². The summed E-state index contributed by atoms with van der Waals surface area (Å²) in [5.74, 6) is -0.498. The average Bonchev–Trinajstić information content (AvgIpc) is 2.45. The Kier molecular flexibility index (Phi) is 4.36. The van der Waals surface area contributed by atoms with Gasteiger partial charge in [0.1, 0.15) is 16.6 Å².